The number of nitrogens with zero attached hydrogens (tertiary/aromatic N) is 3. The highest BCUT2D eigenvalue weighted by molar-refractivity contribution is 6.30. The number of benzene rings is 2. The topological polar surface area (TPSA) is 57.4 Å². The largest absolute Gasteiger partial charge is 0.337 e. The molecule has 0 unspecified atom stereocenters. The highest BCUT2D eigenvalue weighted by atomic mass is 35.5. The van der Waals surface area contributed by atoms with Gasteiger partial charge in [0, 0.05) is 22.6 Å². The average Bonchev–Trinajstić information content (AvgIpc) is 3.26. The number of aromatic amines is 1. The molecule has 25 heavy (non-hydrogen) atoms. The summed E-state index contributed by atoms with van der Waals surface area (Å²) in [6, 6.07) is 21.4. The molecule has 0 aliphatic carbocycles. The van der Waals surface area contributed by atoms with Crippen LogP contribution >= 0.6 is 11.6 Å². The Labute approximate surface area is 149 Å². The van der Waals surface area contributed by atoms with Crippen molar-refractivity contribution in [2.75, 3.05) is 0 Å². The van der Waals surface area contributed by atoms with Gasteiger partial charge in [-0.25, -0.2) is 4.98 Å². The van der Waals surface area contributed by atoms with Crippen LogP contribution in [0.15, 0.2) is 66.9 Å². The molecule has 0 saturated heterocycles. The fraction of sp³-hybridized carbons (Fsp3) is 0. The van der Waals surface area contributed by atoms with Gasteiger partial charge in [0.05, 0.1) is 16.6 Å². The number of allylic oxidation sites excluding steroid dienone is 1. The normalized spacial score (nSPS) is 11.6. The standard InChI is InChI=1S/C20H13ClN4/c21-15-7-9-16(10-8-15)25-11-3-4-17(25)12-14(13-22)20-23-18-5-1-2-6-19(18)24-20/h1-12H,(H,23,24). The molecular weight excluding hydrogens is 332 g/mol. The molecule has 0 radical (unpaired) electrons. The molecule has 0 fully saturated rings. The second-order valence-electron chi connectivity index (χ2n) is 5.55. The lowest BCUT2D eigenvalue weighted by Gasteiger charge is -2.07. The minimum atomic E-state index is 0.477. The predicted octanol–water partition coefficient (Wildman–Crippen LogP) is 5.07. The van der Waals surface area contributed by atoms with Crippen LogP contribution in [0.1, 0.15) is 11.5 Å². The molecule has 2 aromatic carbocycles. The molecule has 120 valence electrons. The van der Waals surface area contributed by atoms with Crippen LogP contribution in [0.2, 0.25) is 5.02 Å². The molecular formula is C20H13ClN4. The number of nitriles is 1. The van der Waals surface area contributed by atoms with Gasteiger partial charge in [-0.1, -0.05) is 23.7 Å². The molecule has 0 amide bonds. The summed E-state index contributed by atoms with van der Waals surface area (Å²) in [4.78, 5) is 7.70. The summed E-state index contributed by atoms with van der Waals surface area (Å²) in [6.45, 7) is 0. The molecule has 4 rings (SSSR count). The van der Waals surface area contributed by atoms with Crippen LogP contribution in [0.4, 0.5) is 0 Å². The minimum Gasteiger partial charge on any atom is -0.337 e. The Kier molecular flexibility index (Phi) is 3.85. The number of imidazole rings is 1. The lowest BCUT2D eigenvalue weighted by molar-refractivity contribution is 1.06. The Balaban J connectivity index is 1.78. The number of hydrogen-bond donors (Lipinski definition) is 1. The van der Waals surface area contributed by atoms with E-state index in [9.17, 15) is 5.26 Å². The third-order valence-electron chi connectivity index (χ3n) is 3.94. The van der Waals surface area contributed by atoms with Crippen LogP contribution in [0.5, 0.6) is 0 Å². The first-order valence-electron chi connectivity index (χ1n) is 7.75. The summed E-state index contributed by atoms with van der Waals surface area (Å²) < 4.78 is 2.00. The van der Waals surface area contributed by atoms with Crippen molar-refractivity contribution in [3.63, 3.8) is 0 Å². The number of nitrogens with one attached hydrogen (secondary N) is 1. The van der Waals surface area contributed by atoms with Crippen LogP contribution in [0.25, 0.3) is 28.4 Å². The SMILES string of the molecule is N#CC(=Cc1cccn1-c1ccc(Cl)cc1)c1nc2ccccc2[nH]1. The van der Waals surface area contributed by atoms with Crippen LogP contribution < -0.4 is 0 Å². The molecule has 2 heterocycles. The predicted molar refractivity (Wildman–Crippen MR) is 100 cm³/mol. The smallest absolute Gasteiger partial charge is 0.149 e. The van der Waals surface area contributed by atoms with E-state index in [4.69, 9.17) is 11.6 Å². The van der Waals surface area contributed by atoms with Crippen molar-refractivity contribution in [2.45, 2.75) is 0 Å². The molecule has 0 bridgehead atoms. The third-order valence-corrected chi connectivity index (χ3v) is 4.19. The summed E-state index contributed by atoms with van der Waals surface area (Å²) in [7, 11) is 0. The van der Waals surface area contributed by atoms with E-state index in [0.29, 0.717) is 16.4 Å². The van der Waals surface area contributed by atoms with Gasteiger partial charge in [-0.3, -0.25) is 0 Å². The van der Waals surface area contributed by atoms with E-state index in [-0.39, 0.29) is 0 Å². The van der Waals surface area contributed by atoms with Crippen molar-refractivity contribution >= 4 is 34.3 Å². The number of aromatic nitrogens is 3. The van der Waals surface area contributed by atoms with Gasteiger partial charge in [-0.15, -0.1) is 0 Å². The van der Waals surface area contributed by atoms with E-state index in [1.807, 2.05) is 77.5 Å². The zero-order valence-electron chi connectivity index (χ0n) is 13.1. The quantitative estimate of drug-likeness (QED) is 0.527. The number of para-hydroxylation sites is 2. The highest BCUT2D eigenvalue weighted by Gasteiger charge is 2.09. The van der Waals surface area contributed by atoms with Crippen molar-refractivity contribution in [3.05, 3.63) is 83.4 Å². The Morgan fingerprint density at radius 2 is 1.88 bits per heavy atom. The number of H-pyrrole nitrogens is 1. The van der Waals surface area contributed by atoms with Crippen LogP contribution in [-0.2, 0) is 0 Å². The number of hydrogen-bond acceptors (Lipinski definition) is 2. The monoisotopic (exact) mass is 344 g/mol. The second kappa shape index (κ2) is 6.31. The van der Waals surface area contributed by atoms with E-state index in [1.54, 1.807) is 0 Å². The van der Waals surface area contributed by atoms with E-state index in [2.05, 4.69) is 16.0 Å². The highest BCUT2D eigenvalue weighted by Crippen LogP contribution is 2.22. The molecule has 4 aromatic rings. The van der Waals surface area contributed by atoms with Gasteiger partial charge < -0.3 is 9.55 Å². The molecule has 0 aliphatic heterocycles. The van der Waals surface area contributed by atoms with Crippen molar-refractivity contribution in [1.82, 2.24) is 14.5 Å². The summed E-state index contributed by atoms with van der Waals surface area (Å²) in [5.74, 6) is 0.563. The summed E-state index contributed by atoms with van der Waals surface area (Å²) in [5.41, 5.74) is 4.09. The van der Waals surface area contributed by atoms with Crippen LogP contribution in [0.3, 0.4) is 0 Å². The Hall–Kier alpha value is -3.29. The van der Waals surface area contributed by atoms with Gasteiger partial charge in [-0.05, 0) is 54.6 Å². The zero-order valence-corrected chi connectivity index (χ0v) is 13.9. The number of fused-ring (bicyclic) bond motifs is 1. The maximum Gasteiger partial charge on any atom is 0.149 e. The van der Waals surface area contributed by atoms with Crippen LogP contribution in [-0.4, -0.2) is 14.5 Å². The fourth-order valence-corrected chi connectivity index (χ4v) is 2.86. The molecule has 5 heteroatoms. The summed E-state index contributed by atoms with van der Waals surface area (Å²) >= 11 is 5.96. The van der Waals surface area contributed by atoms with E-state index in [1.165, 1.54) is 0 Å². The molecule has 1 N–H and O–H groups in total. The molecule has 0 spiro atoms. The lowest BCUT2D eigenvalue weighted by atomic mass is 10.2. The fourth-order valence-electron chi connectivity index (χ4n) is 2.73. The summed E-state index contributed by atoms with van der Waals surface area (Å²) in [6.07, 6.45) is 3.77. The minimum absolute atomic E-state index is 0.477. The Bertz CT molecular complexity index is 1080. The van der Waals surface area contributed by atoms with Gasteiger partial charge in [0.1, 0.15) is 11.9 Å². The van der Waals surface area contributed by atoms with Crippen LogP contribution in [0, 0.1) is 11.3 Å². The lowest BCUT2D eigenvalue weighted by Crippen LogP contribution is -1.95. The first-order chi connectivity index (χ1) is 12.2. The van der Waals surface area contributed by atoms with E-state index < -0.39 is 0 Å². The van der Waals surface area contributed by atoms with Crippen molar-refractivity contribution in [2.24, 2.45) is 0 Å². The maximum absolute atomic E-state index is 9.60. The second-order valence-corrected chi connectivity index (χ2v) is 5.99. The van der Waals surface area contributed by atoms with Gasteiger partial charge in [0.25, 0.3) is 0 Å². The summed E-state index contributed by atoms with van der Waals surface area (Å²) in [5, 5.41) is 10.3. The van der Waals surface area contributed by atoms with Gasteiger partial charge in [-0.2, -0.15) is 5.26 Å². The Morgan fingerprint density at radius 3 is 2.64 bits per heavy atom. The molecule has 2 aromatic heterocycles. The van der Waals surface area contributed by atoms with Crippen molar-refractivity contribution < 1.29 is 0 Å². The first kappa shape index (κ1) is 15.3. The van der Waals surface area contributed by atoms with Crippen molar-refractivity contribution in [1.29, 1.82) is 5.26 Å². The zero-order chi connectivity index (χ0) is 17.2. The molecule has 4 nitrogen and oxygen atoms in total. The molecule has 0 atom stereocenters. The van der Waals surface area contributed by atoms with Crippen molar-refractivity contribution in [3.8, 4) is 11.8 Å². The molecule has 0 saturated carbocycles. The number of halogens is 1. The third kappa shape index (κ3) is 2.93. The number of rotatable bonds is 3. The van der Waals surface area contributed by atoms with Gasteiger partial charge in [0.2, 0.25) is 0 Å². The van der Waals surface area contributed by atoms with Gasteiger partial charge >= 0.3 is 0 Å². The maximum atomic E-state index is 9.60. The Morgan fingerprint density at radius 1 is 1.08 bits per heavy atom. The molecule has 0 aliphatic rings. The van der Waals surface area contributed by atoms with E-state index >= 15 is 0 Å². The average molecular weight is 345 g/mol. The van der Waals surface area contributed by atoms with E-state index in [0.717, 1.165) is 22.4 Å². The first-order valence-corrected chi connectivity index (χ1v) is 8.12. The van der Waals surface area contributed by atoms with Gasteiger partial charge in [0.15, 0.2) is 0 Å².